The van der Waals surface area contributed by atoms with Crippen LogP contribution in [-0.4, -0.2) is 45.1 Å². The number of alkyl halides is 10. The van der Waals surface area contributed by atoms with Crippen molar-refractivity contribution in [3.8, 4) is 0 Å². The van der Waals surface area contributed by atoms with E-state index in [4.69, 9.17) is 0 Å². The predicted molar refractivity (Wildman–Crippen MR) is 136 cm³/mol. The third-order valence-electron chi connectivity index (χ3n) is 5.89. The second kappa shape index (κ2) is 11.4. The van der Waals surface area contributed by atoms with Gasteiger partial charge in [0.1, 0.15) is 4.90 Å². The van der Waals surface area contributed by atoms with Gasteiger partial charge in [0.25, 0.3) is 21.7 Å². The molecule has 0 atom stereocenters. The minimum absolute atomic E-state index is 0.0524. The maximum atomic E-state index is 14.7. The van der Waals surface area contributed by atoms with Gasteiger partial charge in [0.05, 0.1) is 5.69 Å². The molecule has 0 heterocycles. The third kappa shape index (κ3) is 6.34. The van der Waals surface area contributed by atoms with E-state index in [1.165, 1.54) is 31.3 Å². The van der Waals surface area contributed by atoms with Gasteiger partial charge < -0.3 is 10.2 Å². The molecule has 232 valence electrons. The van der Waals surface area contributed by atoms with Crippen molar-refractivity contribution in [2.24, 2.45) is 0 Å². The van der Waals surface area contributed by atoms with Crippen LogP contribution >= 0.6 is 15.9 Å². The Labute approximate surface area is 244 Å². The van der Waals surface area contributed by atoms with Crippen LogP contribution in [-0.2, 0) is 15.5 Å². The first kappa shape index (κ1) is 33.8. The second-order valence-electron chi connectivity index (χ2n) is 8.67. The van der Waals surface area contributed by atoms with Gasteiger partial charge in [-0.25, -0.2) is 12.8 Å². The molecule has 0 saturated carbocycles. The van der Waals surface area contributed by atoms with Crippen molar-refractivity contribution < 1.29 is 61.9 Å². The fourth-order valence-corrected chi connectivity index (χ4v) is 5.31. The molecule has 0 saturated heterocycles. The van der Waals surface area contributed by atoms with Gasteiger partial charge in [0.2, 0.25) is 0 Å². The van der Waals surface area contributed by atoms with E-state index in [0.717, 1.165) is 17.0 Å². The molecule has 0 bridgehead atoms. The van der Waals surface area contributed by atoms with Crippen molar-refractivity contribution in [3.63, 3.8) is 0 Å². The number of nitrogens with zero attached hydrogens (tertiary/aromatic N) is 1. The van der Waals surface area contributed by atoms with E-state index in [1.807, 2.05) is 0 Å². The Balaban J connectivity index is 2.14. The van der Waals surface area contributed by atoms with Gasteiger partial charge in [-0.05, 0) is 58.4 Å². The lowest BCUT2D eigenvalue weighted by Crippen LogP contribution is -2.50. The van der Waals surface area contributed by atoms with E-state index in [-0.39, 0.29) is 17.3 Å². The Kier molecular flexibility index (Phi) is 9.00. The first-order chi connectivity index (χ1) is 19.5. The van der Waals surface area contributed by atoms with E-state index in [2.05, 4.69) is 15.9 Å². The summed E-state index contributed by atoms with van der Waals surface area (Å²) in [6.45, 7) is 0. The van der Waals surface area contributed by atoms with Crippen LogP contribution in [0.2, 0.25) is 0 Å². The highest BCUT2D eigenvalue weighted by molar-refractivity contribution is 9.10. The van der Waals surface area contributed by atoms with Crippen LogP contribution in [0, 0.1) is 0 Å². The summed E-state index contributed by atoms with van der Waals surface area (Å²) in [5, 5.41) is 1.70. The Bertz CT molecular complexity index is 1640. The monoisotopic (exact) mass is 708 g/mol. The molecule has 3 aromatic carbocycles. The molecule has 2 amide bonds. The Morgan fingerprint density at radius 3 is 1.81 bits per heavy atom. The van der Waals surface area contributed by atoms with Crippen molar-refractivity contribution >= 4 is 49.0 Å². The number of hydrogen-bond donors (Lipinski definition) is 1. The van der Waals surface area contributed by atoms with Gasteiger partial charge >= 0.3 is 23.5 Å². The van der Waals surface area contributed by atoms with Crippen molar-refractivity contribution in [2.75, 3.05) is 17.3 Å². The molecule has 0 radical (unpaired) electrons. The summed E-state index contributed by atoms with van der Waals surface area (Å²) in [4.78, 5) is 24.5. The van der Waals surface area contributed by atoms with E-state index in [0.29, 0.717) is 0 Å². The highest BCUT2D eigenvalue weighted by atomic mass is 79.9. The zero-order valence-electron chi connectivity index (χ0n) is 21.0. The summed E-state index contributed by atoms with van der Waals surface area (Å²) in [7, 11) is -5.49. The van der Waals surface area contributed by atoms with E-state index < -0.39 is 77.4 Å². The third-order valence-corrected chi connectivity index (χ3v) is 8.02. The zero-order valence-corrected chi connectivity index (χ0v) is 23.4. The van der Waals surface area contributed by atoms with Gasteiger partial charge in [-0.15, -0.1) is 0 Å². The van der Waals surface area contributed by atoms with E-state index in [1.54, 1.807) is 23.5 Å². The molecule has 0 spiro atoms. The molecule has 1 N–H and O–H groups in total. The maximum Gasteiger partial charge on any atom is 0.501 e. The molecular weight excluding hydrogens is 694 g/mol. The molecular formula is C25H15BrF10N2O4S. The molecule has 6 nitrogen and oxygen atoms in total. The van der Waals surface area contributed by atoms with Crippen molar-refractivity contribution in [3.05, 3.63) is 87.9 Å². The number of nitrogens with one attached hydrogen (secondary N) is 1. The summed E-state index contributed by atoms with van der Waals surface area (Å²) in [6, 6.07) is 11.3. The fourth-order valence-electron chi connectivity index (χ4n) is 3.66. The van der Waals surface area contributed by atoms with Crippen LogP contribution in [0.25, 0.3) is 0 Å². The van der Waals surface area contributed by atoms with Crippen LogP contribution in [0.4, 0.5) is 55.3 Å². The lowest BCUT2D eigenvalue weighted by Gasteiger charge is -2.31. The van der Waals surface area contributed by atoms with Crippen molar-refractivity contribution in [1.82, 2.24) is 0 Å². The number of halogens is 11. The quantitative estimate of drug-likeness (QED) is 0.268. The molecule has 0 aliphatic rings. The van der Waals surface area contributed by atoms with Gasteiger partial charge in [0.15, 0.2) is 0 Å². The number of benzene rings is 3. The molecule has 0 aromatic heterocycles. The highest BCUT2D eigenvalue weighted by Crippen LogP contribution is 2.55. The summed E-state index contributed by atoms with van der Waals surface area (Å²) in [5.41, 5.74) is -16.7. The average Bonchev–Trinajstić information content (AvgIpc) is 2.91. The molecule has 3 aromatic rings. The van der Waals surface area contributed by atoms with Crippen LogP contribution in [0.3, 0.4) is 0 Å². The van der Waals surface area contributed by atoms with Crippen molar-refractivity contribution in [2.45, 2.75) is 28.4 Å². The smallest absolute Gasteiger partial charge is 0.320 e. The minimum atomic E-state index is -6.79. The second-order valence-corrected chi connectivity index (χ2v) is 11.4. The summed E-state index contributed by atoms with van der Waals surface area (Å²) in [6.07, 6.45) is -13.6. The van der Waals surface area contributed by atoms with Gasteiger partial charge in [-0.1, -0.05) is 24.3 Å². The standard InChI is InChI=1S/C25H15BrF10N2O4S/c1-38(21(40)13-6-3-2-4-7-13)16-9-5-8-14(10-16)20(39)37-19-17(26)11-15(12-18(19)43(41,42)25(34,35)36)22(27,23(28,29)30)24(31,32)33/h2-12H,1H3,(H,37,39). The largest absolute Gasteiger partial charge is 0.501 e. The fraction of sp³-hybridized carbons (Fsp3) is 0.200. The highest BCUT2D eigenvalue weighted by Gasteiger charge is 2.73. The van der Waals surface area contributed by atoms with E-state index >= 15 is 0 Å². The van der Waals surface area contributed by atoms with Gasteiger partial charge in [0, 0.05) is 33.9 Å². The van der Waals surface area contributed by atoms with Gasteiger partial charge in [-0.2, -0.15) is 39.5 Å². The average molecular weight is 709 g/mol. The lowest BCUT2D eigenvalue weighted by molar-refractivity contribution is -0.348. The molecule has 3 rings (SSSR count). The Hall–Kier alpha value is -3.67. The number of carbonyl (C=O) groups is 2. The van der Waals surface area contributed by atoms with Gasteiger partial charge in [-0.3, -0.25) is 9.59 Å². The first-order valence-electron chi connectivity index (χ1n) is 11.3. The molecule has 0 aliphatic carbocycles. The number of carbonyl (C=O) groups excluding carboxylic acids is 2. The number of amides is 2. The Morgan fingerprint density at radius 1 is 0.767 bits per heavy atom. The summed E-state index contributed by atoms with van der Waals surface area (Å²) < 4.78 is 158. The van der Waals surface area contributed by atoms with Crippen LogP contribution in [0.5, 0.6) is 0 Å². The van der Waals surface area contributed by atoms with E-state index in [9.17, 15) is 61.9 Å². The number of anilines is 2. The number of sulfone groups is 1. The lowest BCUT2D eigenvalue weighted by atomic mass is 9.94. The molecule has 0 unspecified atom stereocenters. The number of hydrogen-bond acceptors (Lipinski definition) is 4. The summed E-state index contributed by atoms with van der Waals surface area (Å²) in [5.74, 6) is -1.95. The number of rotatable bonds is 6. The maximum absolute atomic E-state index is 14.7. The minimum Gasteiger partial charge on any atom is -0.320 e. The summed E-state index contributed by atoms with van der Waals surface area (Å²) >= 11 is 2.37. The van der Waals surface area contributed by atoms with Crippen LogP contribution in [0.1, 0.15) is 26.3 Å². The van der Waals surface area contributed by atoms with Crippen LogP contribution < -0.4 is 10.2 Å². The normalized spacial score (nSPS) is 13.0. The topological polar surface area (TPSA) is 83.6 Å². The Morgan fingerprint density at radius 2 is 1.30 bits per heavy atom. The molecule has 0 fully saturated rings. The first-order valence-corrected chi connectivity index (χ1v) is 13.5. The van der Waals surface area contributed by atoms with Crippen LogP contribution in [0.15, 0.2) is 76.1 Å². The zero-order chi connectivity index (χ0) is 32.8. The predicted octanol–water partition coefficient (Wildman–Crippen LogP) is 7.56. The molecule has 43 heavy (non-hydrogen) atoms. The molecule has 0 aliphatic heterocycles. The molecule has 18 heteroatoms. The SMILES string of the molecule is CN(C(=O)c1ccccc1)c1cccc(C(=O)Nc2c(Br)cc(C(F)(C(F)(F)F)C(F)(F)F)cc2S(=O)(=O)C(F)(F)F)c1. The van der Waals surface area contributed by atoms with Crippen molar-refractivity contribution in [1.29, 1.82) is 0 Å².